The van der Waals surface area contributed by atoms with Gasteiger partial charge in [0.25, 0.3) is 0 Å². The number of halogens is 1. The summed E-state index contributed by atoms with van der Waals surface area (Å²) in [6, 6.07) is 5.05. The van der Waals surface area contributed by atoms with Crippen LogP contribution in [0.4, 0.5) is 17.5 Å². The van der Waals surface area contributed by atoms with Gasteiger partial charge in [-0.25, -0.2) is 8.42 Å². The smallest absolute Gasteiger partial charge is 0.244 e. The van der Waals surface area contributed by atoms with Crippen molar-refractivity contribution >= 4 is 38.9 Å². The molecule has 128 valence electrons. The second-order valence-electron chi connectivity index (χ2n) is 5.38. The van der Waals surface area contributed by atoms with Crippen LogP contribution in [-0.2, 0) is 9.84 Å². The largest absolute Gasteiger partial charge is 0.495 e. The topological polar surface area (TPSA) is 106 Å². The molecule has 0 spiro atoms. The minimum absolute atomic E-state index is 0.0854. The molecule has 8 nitrogen and oxygen atoms in total. The molecule has 0 radical (unpaired) electrons. The van der Waals surface area contributed by atoms with E-state index in [-0.39, 0.29) is 23.5 Å². The molecule has 2 aromatic rings. The molecule has 0 saturated carbocycles. The third-order valence-corrected chi connectivity index (χ3v) is 5.61. The van der Waals surface area contributed by atoms with E-state index in [2.05, 4.69) is 25.8 Å². The molecule has 2 N–H and O–H groups in total. The van der Waals surface area contributed by atoms with Gasteiger partial charge in [0.2, 0.25) is 5.95 Å². The molecule has 10 heteroatoms. The van der Waals surface area contributed by atoms with E-state index in [1.54, 1.807) is 25.3 Å². The molecule has 1 saturated heterocycles. The van der Waals surface area contributed by atoms with Gasteiger partial charge < -0.3 is 15.4 Å². The Hall–Kier alpha value is -2.13. The fraction of sp³-hybridized carbons (Fsp3) is 0.357. The lowest BCUT2D eigenvalue weighted by Crippen LogP contribution is -2.22. The zero-order valence-electron chi connectivity index (χ0n) is 12.9. The molecule has 1 aliphatic rings. The van der Waals surface area contributed by atoms with Crippen LogP contribution in [0, 0.1) is 0 Å². The summed E-state index contributed by atoms with van der Waals surface area (Å²) in [7, 11) is -1.42. The average molecular weight is 370 g/mol. The fourth-order valence-corrected chi connectivity index (χ4v) is 4.34. The van der Waals surface area contributed by atoms with Crippen molar-refractivity contribution in [1.29, 1.82) is 0 Å². The van der Waals surface area contributed by atoms with Crippen LogP contribution in [0.15, 0.2) is 24.4 Å². The summed E-state index contributed by atoms with van der Waals surface area (Å²) in [6.07, 6.45) is 2.01. The van der Waals surface area contributed by atoms with Gasteiger partial charge in [-0.05, 0) is 24.6 Å². The summed E-state index contributed by atoms with van der Waals surface area (Å²) < 4.78 is 28.1. The van der Waals surface area contributed by atoms with Crippen molar-refractivity contribution in [3.05, 3.63) is 29.4 Å². The average Bonchev–Trinajstić information content (AvgIpc) is 2.86. The summed E-state index contributed by atoms with van der Waals surface area (Å²) in [5.74, 6) is 1.59. The van der Waals surface area contributed by atoms with Gasteiger partial charge in [-0.15, -0.1) is 5.10 Å². The quantitative estimate of drug-likeness (QED) is 0.822. The Kier molecular flexibility index (Phi) is 4.72. The van der Waals surface area contributed by atoms with Crippen LogP contribution in [-0.4, -0.2) is 48.3 Å². The number of anilines is 3. The Bertz CT molecular complexity index is 846. The van der Waals surface area contributed by atoms with Crippen LogP contribution in [0.3, 0.4) is 0 Å². The number of aromatic nitrogens is 3. The second-order valence-corrected chi connectivity index (χ2v) is 8.02. The number of methoxy groups -OCH3 is 1. The van der Waals surface area contributed by atoms with Crippen molar-refractivity contribution in [2.24, 2.45) is 0 Å². The lowest BCUT2D eigenvalue weighted by Gasteiger charge is -2.11. The molecule has 3 rings (SSSR count). The molecule has 1 unspecified atom stereocenters. The molecule has 1 atom stereocenters. The summed E-state index contributed by atoms with van der Waals surface area (Å²) in [6.45, 7) is 0. The molecule has 1 aliphatic heterocycles. The number of nitrogens with zero attached hydrogens (tertiary/aromatic N) is 3. The van der Waals surface area contributed by atoms with Crippen molar-refractivity contribution in [2.45, 2.75) is 12.5 Å². The van der Waals surface area contributed by atoms with Gasteiger partial charge in [0.05, 0.1) is 29.8 Å². The van der Waals surface area contributed by atoms with Gasteiger partial charge in [0.15, 0.2) is 15.7 Å². The molecular formula is C14H16ClN5O3S. The standard InChI is InChI=1S/C14H16ClN5O3S/c1-23-12-3-2-9(6-11(12)15)17-13-7-16-20-14(19-13)18-10-4-5-24(21,22)8-10/h2-3,6-7,10H,4-5,8H2,1H3,(H2,17,18,19,20). The molecule has 0 bridgehead atoms. The van der Waals surface area contributed by atoms with E-state index in [0.717, 1.165) is 5.69 Å². The number of nitrogens with one attached hydrogen (secondary N) is 2. The Balaban J connectivity index is 1.70. The Morgan fingerprint density at radius 3 is 2.88 bits per heavy atom. The highest BCUT2D eigenvalue weighted by Gasteiger charge is 2.28. The second kappa shape index (κ2) is 6.78. The lowest BCUT2D eigenvalue weighted by molar-refractivity contribution is 0.415. The number of hydrogen-bond acceptors (Lipinski definition) is 8. The number of sulfone groups is 1. The monoisotopic (exact) mass is 369 g/mol. The third kappa shape index (κ3) is 4.04. The predicted molar refractivity (Wildman–Crippen MR) is 91.8 cm³/mol. The summed E-state index contributed by atoms with van der Waals surface area (Å²) >= 11 is 6.08. The highest BCUT2D eigenvalue weighted by molar-refractivity contribution is 7.91. The van der Waals surface area contributed by atoms with Gasteiger partial charge in [-0.1, -0.05) is 11.6 Å². The van der Waals surface area contributed by atoms with E-state index in [1.165, 1.54) is 6.20 Å². The number of ether oxygens (including phenoxy) is 1. The van der Waals surface area contributed by atoms with Crippen LogP contribution in [0.2, 0.25) is 5.02 Å². The number of benzene rings is 1. The van der Waals surface area contributed by atoms with Crippen LogP contribution >= 0.6 is 11.6 Å². The fourth-order valence-electron chi connectivity index (χ4n) is 2.41. The maximum atomic E-state index is 11.5. The first kappa shape index (κ1) is 16.7. The molecule has 1 fully saturated rings. The summed E-state index contributed by atoms with van der Waals surface area (Å²) in [5, 5.41) is 14.3. The van der Waals surface area contributed by atoms with Gasteiger partial charge in [-0.3, -0.25) is 0 Å². The molecular weight excluding hydrogens is 354 g/mol. The van der Waals surface area contributed by atoms with E-state index in [4.69, 9.17) is 16.3 Å². The van der Waals surface area contributed by atoms with E-state index < -0.39 is 9.84 Å². The molecule has 1 aromatic heterocycles. The van der Waals surface area contributed by atoms with Crippen LogP contribution in [0.25, 0.3) is 0 Å². The number of rotatable bonds is 5. The maximum Gasteiger partial charge on any atom is 0.244 e. The molecule has 0 amide bonds. The normalized spacial score (nSPS) is 19.0. The van der Waals surface area contributed by atoms with Crippen LogP contribution < -0.4 is 15.4 Å². The first-order valence-electron chi connectivity index (χ1n) is 7.22. The zero-order valence-corrected chi connectivity index (χ0v) is 14.4. The van der Waals surface area contributed by atoms with Gasteiger partial charge >= 0.3 is 0 Å². The van der Waals surface area contributed by atoms with E-state index in [1.807, 2.05) is 0 Å². The zero-order chi connectivity index (χ0) is 17.2. The number of hydrogen-bond donors (Lipinski definition) is 2. The van der Waals surface area contributed by atoms with Crippen LogP contribution in [0.5, 0.6) is 5.75 Å². The third-order valence-electron chi connectivity index (χ3n) is 3.55. The molecule has 0 aliphatic carbocycles. The minimum atomic E-state index is -2.97. The van der Waals surface area contributed by atoms with Crippen molar-refractivity contribution in [2.75, 3.05) is 29.2 Å². The SMILES string of the molecule is COc1ccc(Nc2cnnc(NC3CCS(=O)(=O)C3)n2)cc1Cl. The first-order chi connectivity index (χ1) is 11.4. The Morgan fingerprint density at radius 1 is 1.38 bits per heavy atom. The molecule has 2 heterocycles. The highest BCUT2D eigenvalue weighted by atomic mass is 35.5. The Morgan fingerprint density at radius 2 is 2.21 bits per heavy atom. The van der Waals surface area contributed by atoms with E-state index >= 15 is 0 Å². The summed E-state index contributed by atoms with van der Waals surface area (Å²) in [5.41, 5.74) is 0.718. The van der Waals surface area contributed by atoms with Crippen molar-refractivity contribution in [3.63, 3.8) is 0 Å². The molecule has 1 aromatic carbocycles. The lowest BCUT2D eigenvalue weighted by atomic mass is 10.3. The molecule has 24 heavy (non-hydrogen) atoms. The highest BCUT2D eigenvalue weighted by Crippen LogP contribution is 2.28. The summed E-state index contributed by atoms with van der Waals surface area (Å²) in [4.78, 5) is 4.29. The Labute approximate surface area is 144 Å². The van der Waals surface area contributed by atoms with Gasteiger partial charge in [0.1, 0.15) is 5.75 Å². The van der Waals surface area contributed by atoms with Crippen LogP contribution in [0.1, 0.15) is 6.42 Å². The van der Waals surface area contributed by atoms with Crippen molar-refractivity contribution in [3.8, 4) is 5.75 Å². The predicted octanol–water partition coefficient (Wildman–Crippen LogP) is 1.88. The van der Waals surface area contributed by atoms with Gasteiger partial charge in [-0.2, -0.15) is 10.1 Å². The maximum absolute atomic E-state index is 11.5. The van der Waals surface area contributed by atoms with E-state index in [9.17, 15) is 8.42 Å². The van der Waals surface area contributed by atoms with Crippen molar-refractivity contribution < 1.29 is 13.2 Å². The van der Waals surface area contributed by atoms with E-state index in [0.29, 0.717) is 23.0 Å². The first-order valence-corrected chi connectivity index (χ1v) is 9.42. The minimum Gasteiger partial charge on any atom is -0.495 e. The van der Waals surface area contributed by atoms with Gasteiger partial charge in [0, 0.05) is 11.7 Å². The van der Waals surface area contributed by atoms with Crippen molar-refractivity contribution in [1.82, 2.24) is 15.2 Å².